The van der Waals surface area contributed by atoms with Gasteiger partial charge in [-0.3, -0.25) is 4.79 Å². The topological polar surface area (TPSA) is 87.1 Å². The lowest BCUT2D eigenvalue weighted by atomic mass is 9.98. The highest BCUT2D eigenvalue weighted by molar-refractivity contribution is 5.97. The maximum absolute atomic E-state index is 12.6. The van der Waals surface area contributed by atoms with Gasteiger partial charge < -0.3 is 19.8 Å². The predicted molar refractivity (Wildman–Crippen MR) is 79.8 cm³/mol. The molecule has 0 radical (unpaired) electrons. The van der Waals surface area contributed by atoms with Crippen LogP contribution in [0.2, 0.25) is 0 Å². The van der Waals surface area contributed by atoms with Crippen molar-refractivity contribution >= 4 is 11.9 Å². The number of amides is 1. The quantitative estimate of drug-likeness (QED) is 0.801. The molecule has 2 rings (SSSR count). The highest BCUT2D eigenvalue weighted by atomic mass is 16.5. The van der Waals surface area contributed by atoms with Crippen LogP contribution in [0.1, 0.15) is 23.2 Å². The molecule has 1 fully saturated rings. The van der Waals surface area contributed by atoms with Gasteiger partial charge in [0.1, 0.15) is 18.4 Å². The monoisotopic (exact) mass is 305 g/mol. The zero-order chi connectivity index (χ0) is 16.1. The van der Waals surface area contributed by atoms with Gasteiger partial charge in [0.2, 0.25) is 0 Å². The Labute approximate surface area is 128 Å². The van der Waals surface area contributed by atoms with Gasteiger partial charge in [-0.1, -0.05) is 18.7 Å². The first-order valence-corrected chi connectivity index (χ1v) is 7.08. The molecule has 0 aromatic heterocycles. The molecule has 0 aliphatic carbocycles. The summed E-state index contributed by atoms with van der Waals surface area (Å²) in [4.78, 5) is 25.2. The van der Waals surface area contributed by atoms with Crippen LogP contribution in [-0.2, 0) is 4.79 Å². The molecular formula is C16H19NO5. The number of ether oxygens (including phenoxy) is 1. The number of carboxylic acid groups (broad SMARTS) is 1. The Morgan fingerprint density at radius 3 is 2.91 bits per heavy atom. The molecule has 1 saturated heterocycles. The maximum atomic E-state index is 12.6. The van der Waals surface area contributed by atoms with Gasteiger partial charge in [0.25, 0.3) is 5.91 Å². The second kappa shape index (κ2) is 7.09. The smallest absolute Gasteiger partial charge is 0.326 e. The molecule has 1 aromatic carbocycles. The van der Waals surface area contributed by atoms with E-state index in [9.17, 15) is 19.8 Å². The summed E-state index contributed by atoms with van der Waals surface area (Å²) in [6.45, 7) is 4.10. The fourth-order valence-electron chi connectivity index (χ4n) is 2.46. The first kappa shape index (κ1) is 16.0. The van der Waals surface area contributed by atoms with Crippen molar-refractivity contribution in [3.8, 4) is 5.75 Å². The van der Waals surface area contributed by atoms with Crippen LogP contribution in [0.3, 0.4) is 0 Å². The molecule has 22 heavy (non-hydrogen) atoms. The number of hydrogen-bond acceptors (Lipinski definition) is 4. The van der Waals surface area contributed by atoms with E-state index in [1.165, 1.54) is 4.90 Å². The molecule has 1 aromatic rings. The normalized spacial score (nSPS) is 21.2. The van der Waals surface area contributed by atoms with Crippen LogP contribution >= 0.6 is 0 Å². The van der Waals surface area contributed by atoms with Crippen molar-refractivity contribution in [2.45, 2.75) is 25.0 Å². The van der Waals surface area contributed by atoms with E-state index >= 15 is 0 Å². The Hall–Kier alpha value is -2.34. The fraction of sp³-hybridized carbons (Fsp3) is 0.375. The molecule has 0 bridgehead atoms. The Balaban J connectivity index is 2.18. The van der Waals surface area contributed by atoms with Crippen molar-refractivity contribution in [1.29, 1.82) is 0 Å². The number of carbonyl (C=O) groups is 2. The first-order valence-electron chi connectivity index (χ1n) is 7.08. The van der Waals surface area contributed by atoms with Gasteiger partial charge in [-0.05, 0) is 24.6 Å². The predicted octanol–water partition coefficient (Wildman–Crippen LogP) is 1.30. The van der Waals surface area contributed by atoms with Crippen molar-refractivity contribution in [3.63, 3.8) is 0 Å². The largest absolute Gasteiger partial charge is 0.490 e. The third-order valence-electron chi connectivity index (χ3n) is 3.57. The van der Waals surface area contributed by atoms with Crippen molar-refractivity contribution in [2.24, 2.45) is 0 Å². The molecule has 1 heterocycles. The third kappa shape index (κ3) is 3.65. The van der Waals surface area contributed by atoms with E-state index in [0.717, 1.165) is 0 Å². The molecule has 2 N–H and O–H groups in total. The average Bonchev–Trinajstić information content (AvgIpc) is 2.52. The molecule has 2 atom stereocenters. The van der Waals surface area contributed by atoms with Gasteiger partial charge in [0.15, 0.2) is 0 Å². The SMILES string of the molecule is C=CCOc1cccc(C(=O)N2CC[C@@H](O)C[C@H]2C(=O)O)c1. The number of carboxylic acids is 1. The summed E-state index contributed by atoms with van der Waals surface area (Å²) in [5, 5.41) is 18.9. The summed E-state index contributed by atoms with van der Waals surface area (Å²) < 4.78 is 5.38. The molecule has 0 spiro atoms. The lowest BCUT2D eigenvalue weighted by Crippen LogP contribution is -2.51. The number of likely N-dealkylation sites (tertiary alicyclic amines) is 1. The van der Waals surface area contributed by atoms with Crippen LogP contribution in [0.5, 0.6) is 5.75 Å². The number of aliphatic hydroxyl groups excluding tert-OH is 1. The van der Waals surface area contributed by atoms with Gasteiger partial charge in [-0.15, -0.1) is 0 Å². The summed E-state index contributed by atoms with van der Waals surface area (Å²) in [6.07, 6.45) is 1.34. The minimum atomic E-state index is -1.11. The molecule has 0 unspecified atom stereocenters. The highest BCUT2D eigenvalue weighted by Crippen LogP contribution is 2.22. The van der Waals surface area contributed by atoms with Gasteiger partial charge in [0, 0.05) is 18.5 Å². The number of aliphatic carboxylic acids is 1. The van der Waals surface area contributed by atoms with Crippen LogP contribution in [0.25, 0.3) is 0 Å². The van der Waals surface area contributed by atoms with Crippen molar-refractivity contribution in [1.82, 2.24) is 4.90 Å². The Morgan fingerprint density at radius 2 is 2.23 bits per heavy atom. The van der Waals surface area contributed by atoms with Gasteiger partial charge in [-0.25, -0.2) is 4.79 Å². The van der Waals surface area contributed by atoms with Crippen molar-refractivity contribution in [3.05, 3.63) is 42.5 Å². The third-order valence-corrected chi connectivity index (χ3v) is 3.57. The molecule has 6 nitrogen and oxygen atoms in total. The van der Waals surface area contributed by atoms with E-state index in [2.05, 4.69) is 6.58 Å². The van der Waals surface area contributed by atoms with E-state index in [1.807, 2.05) is 0 Å². The summed E-state index contributed by atoms with van der Waals surface area (Å²) in [6, 6.07) is 5.59. The summed E-state index contributed by atoms with van der Waals surface area (Å²) in [5.74, 6) is -0.954. The lowest BCUT2D eigenvalue weighted by molar-refractivity contribution is -0.145. The Kier molecular flexibility index (Phi) is 5.16. The summed E-state index contributed by atoms with van der Waals surface area (Å²) in [5.41, 5.74) is 0.365. The molecule has 0 saturated carbocycles. The minimum absolute atomic E-state index is 0.0493. The maximum Gasteiger partial charge on any atom is 0.326 e. The van der Waals surface area contributed by atoms with Gasteiger partial charge >= 0.3 is 5.97 Å². The van der Waals surface area contributed by atoms with Crippen LogP contribution in [-0.4, -0.2) is 52.3 Å². The fourth-order valence-corrected chi connectivity index (χ4v) is 2.46. The molecule has 1 amide bonds. The molecule has 118 valence electrons. The number of carbonyl (C=O) groups excluding carboxylic acids is 1. The van der Waals surface area contributed by atoms with E-state index in [1.54, 1.807) is 30.3 Å². The van der Waals surface area contributed by atoms with E-state index in [4.69, 9.17) is 4.74 Å². The van der Waals surface area contributed by atoms with Crippen LogP contribution in [0, 0.1) is 0 Å². The van der Waals surface area contributed by atoms with E-state index in [0.29, 0.717) is 24.3 Å². The van der Waals surface area contributed by atoms with E-state index < -0.39 is 18.1 Å². The number of benzene rings is 1. The number of nitrogens with zero attached hydrogens (tertiary/aromatic N) is 1. The molecular weight excluding hydrogens is 286 g/mol. The Morgan fingerprint density at radius 1 is 1.45 bits per heavy atom. The number of piperidine rings is 1. The second-order valence-electron chi connectivity index (χ2n) is 5.16. The van der Waals surface area contributed by atoms with Crippen LogP contribution in [0.15, 0.2) is 36.9 Å². The number of aliphatic hydroxyl groups is 1. The van der Waals surface area contributed by atoms with Crippen molar-refractivity contribution in [2.75, 3.05) is 13.2 Å². The highest BCUT2D eigenvalue weighted by Gasteiger charge is 2.36. The van der Waals surface area contributed by atoms with Gasteiger partial charge in [0.05, 0.1) is 6.10 Å². The average molecular weight is 305 g/mol. The standard InChI is InChI=1S/C16H19NO5/c1-2-8-22-13-5-3-4-11(9-13)15(19)17-7-6-12(18)10-14(17)16(20)21/h2-5,9,12,14,18H,1,6-8,10H2,(H,20,21)/t12-,14+/m1/s1. The Bertz CT molecular complexity index is 571. The van der Waals surface area contributed by atoms with Crippen LogP contribution in [0.4, 0.5) is 0 Å². The van der Waals surface area contributed by atoms with Gasteiger partial charge in [-0.2, -0.15) is 0 Å². The zero-order valence-corrected chi connectivity index (χ0v) is 12.1. The van der Waals surface area contributed by atoms with Crippen LogP contribution < -0.4 is 4.74 Å². The van der Waals surface area contributed by atoms with E-state index in [-0.39, 0.29) is 18.9 Å². The molecule has 6 heteroatoms. The second-order valence-corrected chi connectivity index (χ2v) is 5.16. The molecule has 1 aliphatic heterocycles. The zero-order valence-electron chi connectivity index (χ0n) is 12.1. The lowest BCUT2D eigenvalue weighted by Gasteiger charge is -2.35. The first-order chi connectivity index (χ1) is 10.5. The number of rotatable bonds is 5. The van der Waals surface area contributed by atoms with Crippen molar-refractivity contribution < 1.29 is 24.5 Å². The molecule has 1 aliphatic rings. The number of hydrogen-bond donors (Lipinski definition) is 2. The minimum Gasteiger partial charge on any atom is -0.490 e. The summed E-state index contributed by atoms with van der Waals surface area (Å²) >= 11 is 0. The summed E-state index contributed by atoms with van der Waals surface area (Å²) in [7, 11) is 0.